The van der Waals surface area contributed by atoms with Gasteiger partial charge in [0.1, 0.15) is 23.3 Å². The molecule has 156 valence electrons. The van der Waals surface area contributed by atoms with Gasteiger partial charge in [0.25, 0.3) is 5.69 Å². The molecule has 3 aromatic rings. The summed E-state index contributed by atoms with van der Waals surface area (Å²) in [5.74, 6) is 2.24. The molecule has 30 heavy (non-hydrogen) atoms. The first-order chi connectivity index (χ1) is 14.3. The first-order valence-electron chi connectivity index (χ1n) is 8.85. The quantitative estimate of drug-likeness (QED) is 0.264. The van der Waals surface area contributed by atoms with Crippen molar-refractivity contribution in [3.63, 3.8) is 0 Å². The maximum Gasteiger partial charge on any atom is 0.269 e. The molecule has 0 saturated carbocycles. The average molecular weight is 429 g/mol. The summed E-state index contributed by atoms with van der Waals surface area (Å²) in [5, 5.41) is 16.8. The molecule has 0 fully saturated rings. The van der Waals surface area contributed by atoms with Crippen LogP contribution in [-0.2, 0) is 10.0 Å². The number of nitrogens with zero attached hydrogens (tertiary/aromatic N) is 4. The Bertz CT molecular complexity index is 1120. The van der Waals surface area contributed by atoms with E-state index in [4.69, 9.17) is 0 Å². The van der Waals surface area contributed by atoms with E-state index < -0.39 is 14.9 Å². The van der Waals surface area contributed by atoms with Gasteiger partial charge in [-0.15, -0.1) is 0 Å². The second kappa shape index (κ2) is 9.24. The molecule has 0 radical (unpaired) electrons. The van der Waals surface area contributed by atoms with Crippen LogP contribution < -0.4 is 15.4 Å². The summed E-state index contributed by atoms with van der Waals surface area (Å²) in [5.41, 5.74) is -0.176. The largest absolute Gasteiger partial charge is 0.369 e. The van der Waals surface area contributed by atoms with E-state index in [0.29, 0.717) is 23.3 Å². The Morgan fingerprint density at radius 3 is 2.40 bits per heavy atom. The smallest absolute Gasteiger partial charge is 0.269 e. The molecule has 3 N–H and O–H groups in total. The highest BCUT2D eigenvalue weighted by Gasteiger charge is 2.15. The summed E-state index contributed by atoms with van der Waals surface area (Å²) in [7, 11) is -3.78. The van der Waals surface area contributed by atoms with Crippen LogP contribution in [0.2, 0.25) is 0 Å². The van der Waals surface area contributed by atoms with Crippen LogP contribution in [0.5, 0.6) is 0 Å². The molecule has 0 bridgehead atoms. The summed E-state index contributed by atoms with van der Waals surface area (Å²) < 4.78 is 27.0. The van der Waals surface area contributed by atoms with Gasteiger partial charge in [-0.3, -0.25) is 10.1 Å². The summed E-state index contributed by atoms with van der Waals surface area (Å²) in [6.45, 7) is 2.10. The summed E-state index contributed by atoms with van der Waals surface area (Å²) >= 11 is 0. The molecule has 1 aromatic carbocycles. The van der Waals surface area contributed by atoms with Crippen molar-refractivity contribution >= 4 is 33.2 Å². The molecule has 0 amide bonds. The van der Waals surface area contributed by atoms with E-state index in [2.05, 4.69) is 30.3 Å². The van der Waals surface area contributed by atoms with Gasteiger partial charge in [0, 0.05) is 37.5 Å². The fourth-order valence-corrected chi connectivity index (χ4v) is 3.53. The third-order valence-corrected chi connectivity index (χ3v) is 5.32. The van der Waals surface area contributed by atoms with E-state index in [-0.39, 0.29) is 23.7 Å². The number of nitro benzene ring substituents is 1. The van der Waals surface area contributed by atoms with Gasteiger partial charge in [0.15, 0.2) is 0 Å². The number of anilines is 3. The Labute approximate surface area is 172 Å². The fourth-order valence-electron chi connectivity index (χ4n) is 2.50. The van der Waals surface area contributed by atoms with Crippen molar-refractivity contribution in [3.05, 3.63) is 70.7 Å². The molecule has 12 heteroatoms. The Morgan fingerprint density at radius 1 is 1.00 bits per heavy atom. The lowest BCUT2D eigenvalue weighted by atomic mass is 10.3. The zero-order chi connectivity index (χ0) is 21.6. The Balaban J connectivity index is 1.56. The molecule has 0 unspecified atom stereocenters. The van der Waals surface area contributed by atoms with Crippen molar-refractivity contribution in [1.29, 1.82) is 0 Å². The lowest BCUT2D eigenvalue weighted by molar-refractivity contribution is -0.384. The lowest BCUT2D eigenvalue weighted by Crippen LogP contribution is -2.29. The van der Waals surface area contributed by atoms with Gasteiger partial charge < -0.3 is 10.6 Å². The van der Waals surface area contributed by atoms with Crippen molar-refractivity contribution in [3.8, 4) is 0 Å². The first kappa shape index (κ1) is 21.1. The Kier molecular flexibility index (Phi) is 6.49. The predicted octanol–water partition coefficient (Wildman–Crippen LogP) is 2.22. The zero-order valence-corrected chi connectivity index (χ0v) is 16.8. The molecule has 0 aliphatic rings. The second-order valence-electron chi connectivity index (χ2n) is 6.10. The van der Waals surface area contributed by atoms with Gasteiger partial charge in [0.2, 0.25) is 10.0 Å². The zero-order valence-electron chi connectivity index (χ0n) is 15.9. The van der Waals surface area contributed by atoms with Crippen LogP contribution in [0.25, 0.3) is 0 Å². The minimum Gasteiger partial charge on any atom is -0.369 e. The molecule has 3 rings (SSSR count). The second-order valence-corrected chi connectivity index (χ2v) is 7.87. The van der Waals surface area contributed by atoms with Crippen molar-refractivity contribution in [2.45, 2.75) is 11.8 Å². The minimum atomic E-state index is -3.78. The minimum absolute atomic E-state index is 0.0483. The van der Waals surface area contributed by atoms with E-state index in [0.717, 1.165) is 12.1 Å². The van der Waals surface area contributed by atoms with Crippen LogP contribution in [-0.4, -0.2) is 41.4 Å². The predicted molar refractivity (Wildman–Crippen MR) is 111 cm³/mol. The summed E-state index contributed by atoms with van der Waals surface area (Å²) in [6.07, 6.45) is 1.66. The lowest BCUT2D eigenvalue weighted by Gasteiger charge is -2.11. The van der Waals surface area contributed by atoms with Crippen LogP contribution in [0.4, 0.5) is 23.1 Å². The highest BCUT2D eigenvalue weighted by Crippen LogP contribution is 2.16. The molecule has 0 spiro atoms. The van der Waals surface area contributed by atoms with Crippen molar-refractivity contribution in [1.82, 2.24) is 19.7 Å². The molecule has 0 atom stereocenters. The van der Waals surface area contributed by atoms with Gasteiger partial charge in [0.05, 0.1) is 9.82 Å². The van der Waals surface area contributed by atoms with Crippen LogP contribution in [0.15, 0.2) is 59.6 Å². The average Bonchev–Trinajstić information content (AvgIpc) is 2.72. The van der Waals surface area contributed by atoms with Crippen LogP contribution in [0, 0.1) is 17.0 Å². The number of aromatic nitrogens is 3. The van der Waals surface area contributed by atoms with Gasteiger partial charge in [-0.05, 0) is 31.2 Å². The maximum atomic E-state index is 12.3. The van der Waals surface area contributed by atoms with Crippen molar-refractivity contribution in [2.24, 2.45) is 0 Å². The Hall–Kier alpha value is -3.64. The van der Waals surface area contributed by atoms with Gasteiger partial charge in [-0.2, -0.15) is 0 Å². The molecule has 0 saturated heterocycles. The third-order valence-electron chi connectivity index (χ3n) is 3.84. The topological polar surface area (TPSA) is 152 Å². The van der Waals surface area contributed by atoms with Crippen molar-refractivity contribution in [2.75, 3.05) is 23.7 Å². The summed E-state index contributed by atoms with van der Waals surface area (Å²) in [4.78, 5) is 22.8. The fraction of sp³-hybridized carbons (Fsp3) is 0.167. The van der Waals surface area contributed by atoms with Crippen molar-refractivity contribution < 1.29 is 13.3 Å². The molecular weight excluding hydrogens is 410 g/mol. The number of nitrogens with one attached hydrogen (secondary N) is 3. The highest BCUT2D eigenvalue weighted by molar-refractivity contribution is 7.89. The normalized spacial score (nSPS) is 11.1. The SMILES string of the molecule is Cc1nc(NCCNS(=O)(=O)c2ccc([N+](=O)[O-])cc2)cc(Nc2ccccn2)n1. The van der Waals surface area contributed by atoms with Gasteiger partial charge >= 0.3 is 0 Å². The number of sulfonamides is 1. The number of aryl methyl sites for hydroxylation is 1. The molecule has 0 aliphatic heterocycles. The Morgan fingerprint density at radius 2 is 1.73 bits per heavy atom. The van der Waals surface area contributed by atoms with E-state index in [1.54, 1.807) is 31.3 Å². The molecular formula is C18H19N7O4S. The number of pyridine rings is 1. The maximum absolute atomic E-state index is 12.3. The van der Waals surface area contributed by atoms with Gasteiger partial charge in [-0.25, -0.2) is 28.1 Å². The number of hydrogen-bond acceptors (Lipinski definition) is 9. The monoisotopic (exact) mass is 429 g/mol. The third kappa shape index (κ3) is 5.68. The van der Waals surface area contributed by atoms with E-state index >= 15 is 0 Å². The number of hydrogen-bond donors (Lipinski definition) is 3. The van der Waals surface area contributed by atoms with E-state index in [1.165, 1.54) is 12.1 Å². The number of non-ortho nitro benzene ring substituents is 1. The number of nitro groups is 1. The molecule has 0 aliphatic carbocycles. The molecule has 2 heterocycles. The number of benzene rings is 1. The molecule has 2 aromatic heterocycles. The van der Waals surface area contributed by atoms with Crippen LogP contribution >= 0.6 is 0 Å². The van der Waals surface area contributed by atoms with Crippen LogP contribution in [0.3, 0.4) is 0 Å². The summed E-state index contributed by atoms with van der Waals surface area (Å²) in [6, 6.07) is 11.8. The van der Waals surface area contributed by atoms with E-state index in [9.17, 15) is 18.5 Å². The van der Waals surface area contributed by atoms with E-state index in [1.807, 2.05) is 6.07 Å². The molecule has 11 nitrogen and oxygen atoms in total. The van der Waals surface area contributed by atoms with Crippen LogP contribution in [0.1, 0.15) is 5.82 Å². The standard InChI is InChI=1S/C18H19N7O4S/c1-13-22-17(12-18(23-13)24-16-4-2-3-9-19-16)20-10-11-21-30(28,29)15-7-5-14(6-8-15)25(26)27/h2-9,12,21H,10-11H2,1H3,(H2,19,20,22,23,24). The highest BCUT2D eigenvalue weighted by atomic mass is 32.2. The number of rotatable bonds is 9. The first-order valence-corrected chi connectivity index (χ1v) is 10.3. The van der Waals surface area contributed by atoms with Gasteiger partial charge in [-0.1, -0.05) is 6.07 Å².